The zero-order chi connectivity index (χ0) is 13.1. The molecule has 0 spiro atoms. The van der Waals surface area contributed by atoms with E-state index in [4.69, 9.17) is 15.2 Å². The Labute approximate surface area is 101 Å². The van der Waals surface area contributed by atoms with Gasteiger partial charge in [0.1, 0.15) is 11.6 Å². The lowest BCUT2D eigenvalue weighted by molar-refractivity contribution is 0.158. The quantitative estimate of drug-likeness (QED) is 0.778. The van der Waals surface area contributed by atoms with Crippen molar-refractivity contribution in [3.8, 4) is 5.75 Å². The molecule has 1 aromatic carbocycles. The molecule has 1 rings (SSSR count). The molecular formula is C12H19FN2O2. The zero-order valence-corrected chi connectivity index (χ0v) is 10.6. The van der Waals surface area contributed by atoms with Crippen molar-refractivity contribution < 1.29 is 13.9 Å². The first-order valence-corrected chi connectivity index (χ1v) is 5.30. The van der Waals surface area contributed by atoms with Crippen LogP contribution in [0.15, 0.2) is 12.1 Å². The summed E-state index contributed by atoms with van der Waals surface area (Å²) in [6.07, 6.45) is 0. The fourth-order valence-corrected chi connectivity index (χ4v) is 1.60. The number of ether oxygens (including phenoxy) is 2. The number of anilines is 2. The number of benzene rings is 1. The Morgan fingerprint density at radius 2 is 2.00 bits per heavy atom. The molecule has 17 heavy (non-hydrogen) atoms. The lowest BCUT2D eigenvalue weighted by Crippen LogP contribution is -2.36. The third-order valence-electron chi connectivity index (χ3n) is 2.30. The van der Waals surface area contributed by atoms with E-state index in [9.17, 15) is 4.39 Å². The number of hydrogen-bond acceptors (Lipinski definition) is 4. The molecule has 0 amide bonds. The molecule has 3 N–H and O–H groups in total. The van der Waals surface area contributed by atoms with Gasteiger partial charge in [-0.05, 0) is 13.8 Å². The molecule has 0 unspecified atom stereocenters. The van der Waals surface area contributed by atoms with Gasteiger partial charge in [0.25, 0.3) is 0 Å². The maximum atomic E-state index is 13.7. The highest BCUT2D eigenvalue weighted by Crippen LogP contribution is 2.29. The predicted octanol–water partition coefficient (Wildman–Crippen LogP) is 2.25. The third kappa shape index (κ3) is 3.49. The van der Waals surface area contributed by atoms with Crippen molar-refractivity contribution in [2.45, 2.75) is 19.4 Å². The van der Waals surface area contributed by atoms with Crippen molar-refractivity contribution in [3.63, 3.8) is 0 Å². The van der Waals surface area contributed by atoms with Crippen molar-refractivity contribution in [2.75, 3.05) is 31.9 Å². The summed E-state index contributed by atoms with van der Waals surface area (Å²) in [5.41, 5.74) is 5.85. The van der Waals surface area contributed by atoms with E-state index in [1.54, 1.807) is 13.2 Å². The van der Waals surface area contributed by atoms with Crippen LogP contribution < -0.4 is 15.8 Å². The Morgan fingerprint density at radius 3 is 2.53 bits per heavy atom. The summed E-state index contributed by atoms with van der Waals surface area (Å²) in [6, 6.07) is 2.78. The van der Waals surface area contributed by atoms with Gasteiger partial charge >= 0.3 is 0 Å². The Balaban J connectivity index is 2.98. The molecule has 0 saturated heterocycles. The average molecular weight is 242 g/mol. The van der Waals surface area contributed by atoms with Crippen LogP contribution in [0.25, 0.3) is 0 Å². The molecule has 0 aromatic heterocycles. The summed E-state index contributed by atoms with van der Waals surface area (Å²) in [7, 11) is 3.09. The van der Waals surface area contributed by atoms with Gasteiger partial charge in [-0.15, -0.1) is 0 Å². The molecule has 0 fully saturated rings. The van der Waals surface area contributed by atoms with Crippen molar-refractivity contribution >= 4 is 11.4 Å². The number of nitrogens with one attached hydrogen (secondary N) is 1. The van der Waals surface area contributed by atoms with E-state index in [1.165, 1.54) is 13.2 Å². The van der Waals surface area contributed by atoms with Crippen molar-refractivity contribution in [1.82, 2.24) is 0 Å². The van der Waals surface area contributed by atoms with Gasteiger partial charge in [0.2, 0.25) is 0 Å². The molecule has 0 bridgehead atoms. The number of rotatable bonds is 5. The lowest BCUT2D eigenvalue weighted by atomic mass is 10.1. The standard InChI is InChI=1S/C12H19FN2O2/c1-12(2,7-16-3)15-10-6-11(17-4)9(14)5-8(10)13/h5-6,15H,7,14H2,1-4H3. The Hall–Kier alpha value is -1.49. The topological polar surface area (TPSA) is 56.5 Å². The molecule has 0 aliphatic carbocycles. The molecule has 1 aromatic rings. The highest BCUT2D eigenvalue weighted by molar-refractivity contribution is 5.62. The van der Waals surface area contributed by atoms with Gasteiger partial charge in [0.15, 0.2) is 0 Å². The maximum absolute atomic E-state index is 13.7. The molecule has 0 aliphatic heterocycles. The molecule has 0 heterocycles. The fourth-order valence-electron chi connectivity index (χ4n) is 1.60. The van der Waals surface area contributed by atoms with Gasteiger partial charge in [-0.25, -0.2) is 4.39 Å². The predicted molar refractivity (Wildman–Crippen MR) is 66.9 cm³/mol. The van der Waals surface area contributed by atoms with Gasteiger partial charge in [0, 0.05) is 19.2 Å². The number of hydrogen-bond donors (Lipinski definition) is 2. The van der Waals surface area contributed by atoms with Crippen LogP contribution in [0.5, 0.6) is 5.75 Å². The van der Waals surface area contributed by atoms with Gasteiger partial charge in [0.05, 0.1) is 30.6 Å². The maximum Gasteiger partial charge on any atom is 0.148 e. The van der Waals surface area contributed by atoms with E-state index >= 15 is 0 Å². The van der Waals surface area contributed by atoms with Crippen LogP contribution >= 0.6 is 0 Å². The molecule has 0 aliphatic rings. The Bertz CT molecular complexity index is 394. The second-order valence-electron chi connectivity index (χ2n) is 4.52. The minimum atomic E-state index is -0.410. The highest BCUT2D eigenvalue weighted by Gasteiger charge is 2.19. The first kappa shape index (κ1) is 13.6. The molecular weight excluding hydrogens is 223 g/mol. The van der Waals surface area contributed by atoms with E-state index in [0.717, 1.165) is 0 Å². The molecule has 5 heteroatoms. The van der Waals surface area contributed by atoms with Crippen molar-refractivity contribution in [1.29, 1.82) is 0 Å². The van der Waals surface area contributed by atoms with Crippen LogP contribution in [0.1, 0.15) is 13.8 Å². The van der Waals surface area contributed by atoms with E-state index in [-0.39, 0.29) is 11.2 Å². The van der Waals surface area contributed by atoms with Gasteiger partial charge in [-0.3, -0.25) is 0 Å². The van der Waals surface area contributed by atoms with E-state index in [2.05, 4.69) is 5.32 Å². The molecule has 0 atom stereocenters. The summed E-state index contributed by atoms with van der Waals surface area (Å²) in [5.74, 6) is 0.0367. The lowest BCUT2D eigenvalue weighted by Gasteiger charge is -2.27. The third-order valence-corrected chi connectivity index (χ3v) is 2.30. The van der Waals surface area contributed by atoms with Crippen LogP contribution in [-0.4, -0.2) is 26.4 Å². The first-order valence-electron chi connectivity index (χ1n) is 5.30. The second kappa shape index (κ2) is 5.23. The normalized spacial score (nSPS) is 11.4. The fraction of sp³-hybridized carbons (Fsp3) is 0.500. The molecule has 0 radical (unpaired) electrons. The summed E-state index contributed by atoms with van der Waals surface area (Å²) in [6.45, 7) is 4.29. The Kier molecular flexibility index (Phi) is 4.17. The summed E-state index contributed by atoms with van der Waals surface area (Å²) >= 11 is 0. The molecule has 4 nitrogen and oxygen atoms in total. The van der Waals surface area contributed by atoms with Crippen LogP contribution in [0.3, 0.4) is 0 Å². The zero-order valence-electron chi connectivity index (χ0n) is 10.6. The number of nitrogens with two attached hydrogens (primary N) is 1. The van der Waals surface area contributed by atoms with Gasteiger partial charge in [-0.2, -0.15) is 0 Å². The second-order valence-corrected chi connectivity index (χ2v) is 4.52. The average Bonchev–Trinajstić information content (AvgIpc) is 2.21. The van der Waals surface area contributed by atoms with E-state index in [1.807, 2.05) is 13.8 Å². The number of nitrogen functional groups attached to an aromatic ring is 1. The van der Waals surface area contributed by atoms with E-state index < -0.39 is 5.82 Å². The minimum absolute atomic E-state index is 0.278. The van der Waals surface area contributed by atoms with Crippen LogP contribution in [0.2, 0.25) is 0 Å². The van der Waals surface area contributed by atoms with Crippen LogP contribution in [0, 0.1) is 5.82 Å². The summed E-state index contributed by atoms with van der Waals surface area (Å²) in [4.78, 5) is 0. The summed E-state index contributed by atoms with van der Waals surface area (Å²) < 4.78 is 23.8. The largest absolute Gasteiger partial charge is 0.495 e. The van der Waals surface area contributed by atoms with Crippen LogP contribution in [0.4, 0.5) is 15.8 Å². The monoisotopic (exact) mass is 242 g/mol. The highest BCUT2D eigenvalue weighted by atomic mass is 19.1. The van der Waals surface area contributed by atoms with Gasteiger partial charge in [-0.1, -0.05) is 0 Å². The Morgan fingerprint density at radius 1 is 1.35 bits per heavy atom. The molecule has 96 valence electrons. The van der Waals surface area contributed by atoms with Crippen molar-refractivity contribution in [2.24, 2.45) is 0 Å². The smallest absolute Gasteiger partial charge is 0.148 e. The SMILES string of the molecule is COCC(C)(C)Nc1cc(OC)c(N)cc1F. The first-order chi connectivity index (χ1) is 7.89. The summed E-state index contributed by atoms with van der Waals surface area (Å²) in [5, 5.41) is 3.05. The minimum Gasteiger partial charge on any atom is -0.495 e. The number of methoxy groups -OCH3 is 2. The van der Waals surface area contributed by atoms with E-state index in [0.29, 0.717) is 18.0 Å². The molecule has 0 saturated carbocycles. The number of halogens is 1. The van der Waals surface area contributed by atoms with Crippen LogP contribution in [-0.2, 0) is 4.74 Å². The van der Waals surface area contributed by atoms with Gasteiger partial charge < -0.3 is 20.5 Å². The van der Waals surface area contributed by atoms with Crippen molar-refractivity contribution in [3.05, 3.63) is 17.9 Å².